The number of nitrogens with one attached hydrogen (secondary N) is 1. The number of hydrogen-bond acceptors (Lipinski definition) is 2. The molecule has 1 aromatic carbocycles. The van der Waals surface area contributed by atoms with Crippen molar-refractivity contribution in [2.24, 2.45) is 0 Å². The molecule has 1 amide bonds. The van der Waals surface area contributed by atoms with Gasteiger partial charge in [0.1, 0.15) is 7.85 Å². The molecule has 0 aromatic heterocycles. The van der Waals surface area contributed by atoms with Crippen molar-refractivity contribution in [1.82, 2.24) is 0 Å². The van der Waals surface area contributed by atoms with Crippen LogP contribution in [0.3, 0.4) is 0 Å². The zero-order valence-electron chi connectivity index (χ0n) is 9.10. The summed E-state index contributed by atoms with van der Waals surface area (Å²) in [6.07, 6.45) is 0.678. The summed E-state index contributed by atoms with van der Waals surface area (Å²) in [6.45, 7) is 4.31. The number of rotatable bonds is 5. The van der Waals surface area contributed by atoms with Crippen LogP contribution in [0.5, 0.6) is 0 Å². The molecule has 0 aliphatic carbocycles. The molecular formula is C11H13BN2OY-2. The van der Waals surface area contributed by atoms with E-state index in [0.717, 1.165) is 5.69 Å². The van der Waals surface area contributed by atoms with Crippen molar-refractivity contribution < 1.29 is 37.5 Å². The molecule has 0 aliphatic rings. The summed E-state index contributed by atoms with van der Waals surface area (Å²) < 4.78 is 0. The molecule has 1 N–H and O–H groups in total. The minimum absolute atomic E-state index is 0. The molecule has 0 spiro atoms. The molecule has 0 aliphatic heterocycles. The maximum atomic E-state index is 10.4. The summed E-state index contributed by atoms with van der Waals surface area (Å²) in [7, 11) is 4.88. The molecule has 0 fully saturated rings. The first kappa shape index (κ1) is 15.7. The minimum Gasteiger partial charge on any atom is -0.663 e. The van der Waals surface area contributed by atoms with Crippen molar-refractivity contribution >= 4 is 19.3 Å². The summed E-state index contributed by atoms with van der Waals surface area (Å²) in [5, 5.41) is 6.76. The molecule has 81 valence electrons. The molecule has 1 aromatic rings. The van der Waals surface area contributed by atoms with Crippen LogP contribution in [-0.2, 0) is 32.7 Å². The van der Waals surface area contributed by atoms with Gasteiger partial charge in [-0.15, -0.1) is 12.6 Å². The van der Waals surface area contributed by atoms with E-state index in [1.807, 2.05) is 30.3 Å². The normalized spacial score (nSPS) is 11.1. The number of hydrogen-bond donors (Lipinski definition) is 1. The minimum atomic E-state index is -0.623. The van der Waals surface area contributed by atoms with Crippen molar-refractivity contribution in [3.8, 4) is 0 Å². The standard InChI is InChI=1S/C11H14BN2O.Y/c1-9(7-8-13-11(12)15)14-10-5-3-2-4-6-10;/h2-6,9,14H,1,7-8H2,(H,13,15);/q-1;/p-1. The summed E-state index contributed by atoms with van der Waals surface area (Å²) in [5.41, 5.74) is 1.01. The molecule has 1 atom stereocenters. The van der Waals surface area contributed by atoms with Crippen LogP contribution in [0.1, 0.15) is 6.42 Å². The van der Waals surface area contributed by atoms with Gasteiger partial charge < -0.3 is 22.4 Å². The summed E-state index contributed by atoms with van der Waals surface area (Å²) in [4.78, 5) is 10.4. The first-order valence-corrected chi connectivity index (χ1v) is 4.80. The Morgan fingerprint density at radius 3 is 2.62 bits per heavy atom. The van der Waals surface area contributed by atoms with E-state index < -0.39 is 5.81 Å². The third-order valence-electron chi connectivity index (χ3n) is 1.89. The molecule has 1 rings (SSSR count). The molecule has 0 heterocycles. The predicted octanol–water partition coefficient (Wildman–Crippen LogP) is 2.35. The second-order valence-electron chi connectivity index (χ2n) is 3.22. The maximum Gasteiger partial charge on any atom is 0.139 e. The summed E-state index contributed by atoms with van der Waals surface area (Å²) in [5.74, 6) is -0.623. The Morgan fingerprint density at radius 1 is 1.44 bits per heavy atom. The average Bonchev–Trinajstić information content (AvgIpc) is 2.18. The van der Waals surface area contributed by atoms with E-state index in [2.05, 4.69) is 17.6 Å². The molecule has 3 nitrogen and oxygen atoms in total. The molecule has 5 heteroatoms. The van der Waals surface area contributed by atoms with Crippen LogP contribution in [0.2, 0.25) is 0 Å². The fourth-order valence-electron chi connectivity index (χ4n) is 1.17. The average molecular weight is 289 g/mol. The van der Waals surface area contributed by atoms with Crippen molar-refractivity contribution in [3.63, 3.8) is 0 Å². The van der Waals surface area contributed by atoms with Gasteiger partial charge in [0.15, 0.2) is 0 Å². The Labute approximate surface area is 123 Å². The van der Waals surface area contributed by atoms with E-state index in [4.69, 9.17) is 7.85 Å². The van der Waals surface area contributed by atoms with E-state index in [0.29, 0.717) is 13.0 Å². The van der Waals surface area contributed by atoms with Gasteiger partial charge in [-0.3, -0.25) is 0 Å². The van der Waals surface area contributed by atoms with Crippen molar-refractivity contribution in [3.05, 3.63) is 42.6 Å². The van der Waals surface area contributed by atoms with Crippen LogP contribution >= 0.6 is 0 Å². The zero-order valence-corrected chi connectivity index (χ0v) is 11.9. The second kappa shape index (κ2) is 8.77. The molecule has 1 unspecified atom stereocenters. The van der Waals surface area contributed by atoms with Crippen LogP contribution in [0, 0.1) is 6.92 Å². The monoisotopic (exact) mass is 289 g/mol. The number of para-hydroxylation sites is 1. The Bertz CT molecular complexity index is 308. The van der Waals surface area contributed by atoms with Gasteiger partial charge in [-0.05, 0) is 17.9 Å². The van der Waals surface area contributed by atoms with Crippen LogP contribution in [0.15, 0.2) is 30.3 Å². The summed E-state index contributed by atoms with van der Waals surface area (Å²) >= 11 is 0. The molecular weight excluding hydrogens is 276 g/mol. The first-order valence-electron chi connectivity index (χ1n) is 4.80. The SMILES string of the molecule is [B]C(=O)[N-]CCC([CH2-])Nc1ccccc1.[Y]. The van der Waals surface area contributed by atoms with Gasteiger partial charge in [0.05, 0.1) is 0 Å². The van der Waals surface area contributed by atoms with Gasteiger partial charge in [-0.2, -0.15) is 0 Å². The Balaban J connectivity index is 0.00000225. The van der Waals surface area contributed by atoms with Crippen LogP contribution < -0.4 is 5.32 Å². The number of carbonyl (C=O) groups excluding carboxylic acids is 1. The van der Waals surface area contributed by atoms with Crippen molar-refractivity contribution in [2.45, 2.75) is 12.5 Å². The maximum absolute atomic E-state index is 10.4. The third kappa shape index (κ3) is 7.02. The fourth-order valence-corrected chi connectivity index (χ4v) is 1.17. The van der Waals surface area contributed by atoms with Crippen LogP contribution in [-0.4, -0.2) is 26.2 Å². The van der Waals surface area contributed by atoms with Crippen molar-refractivity contribution in [2.75, 3.05) is 11.9 Å². The number of benzene rings is 1. The van der Waals surface area contributed by atoms with E-state index in [-0.39, 0.29) is 38.8 Å². The van der Waals surface area contributed by atoms with Gasteiger partial charge in [0.25, 0.3) is 0 Å². The molecule has 0 saturated heterocycles. The first-order chi connectivity index (χ1) is 7.18. The van der Waals surface area contributed by atoms with Crippen LogP contribution in [0.25, 0.3) is 5.32 Å². The van der Waals surface area contributed by atoms with Gasteiger partial charge in [-0.1, -0.05) is 24.6 Å². The largest absolute Gasteiger partial charge is 0.663 e. The van der Waals surface area contributed by atoms with E-state index in [1.54, 1.807) is 0 Å². The smallest absolute Gasteiger partial charge is 0.139 e. The quantitative estimate of drug-likeness (QED) is 0.668. The van der Waals surface area contributed by atoms with E-state index in [1.165, 1.54) is 0 Å². The summed E-state index contributed by atoms with van der Waals surface area (Å²) in [6, 6.07) is 9.79. The predicted molar refractivity (Wildman–Crippen MR) is 63.2 cm³/mol. The number of nitrogens with zero attached hydrogens (tertiary/aromatic N) is 1. The Kier molecular flexibility index (Phi) is 8.58. The third-order valence-corrected chi connectivity index (χ3v) is 1.89. The van der Waals surface area contributed by atoms with E-state index in [9.17, 15) is 4.79 Å². The zero-order chi connectivity index (χ0) is 11.1. The van der Waals surface area contributed by atoms with Crippen LogP contribution in [0.4, 0.5) is 10.5 Å². The number of amides is 1. The van der Waals surface area contributed by atoms with Gasteiger partial charge in [-0.25, -0.2) is 0 Å². The van der Waals surface area contributed by atoms with E-state index >= 15 is 0 Å². The molecule has 0 bridgehead atoms. The van der Waals surface area contributed by atoms with Crippen molar-refractivity contribution in [1.29, 1.82) is 0 Å². The van der Waals surface area contributed by atoms with Gasteiger partial charge in [0, 0.05) is 38.4 Å². The molecule has 0 saturated carbocycles. The van der Waals surface area contributed by atoms with Gasteiger partial charge >= 0.3 is 0 Å². The Hall–Kier alpha value is -0.341. The second-order valence-corrected chi connectivity index (χ2v) is 3.22. The molecule has 16 heavy (non-hydrogen) atoms. The Morgan fingerprint density at radius 2 is 2.06 bits per heavy atom. The number of carbonyl (C=O) groups is 1. The van der Waals surface area contributed by atoms with Gasteiger partial charge in [0.2, 0.25) is 0 Å². The topological polar surface area (TPSA) is 43.2 Å². The fraction of sp³-hybridized carbons (Fsp3) is 0.273. The molecule has 3 radical (unpaired) electrons. The number of anilines is 1.